The average Bonchev–Trinajstić information content (AvgIpc) is 3.32. The van der Waals surface area contributed by atoms with E-state index in [2.05, 4.69) is 15.1 Å². The lowest BCUT2D eigenvalue weighted by Crippen LogP contribution is -2.60. The standard InChI is InChI=1S/C16H29N3O2/c1-2-17-16(15(20)21)7-3-4-14(12-16)19-10-8-18(9-11-19)13-5-6-13/h13-14,17H,2-12H2,1H3,(H,20,21). The maximum Gasteiger partial charge on any atom is 0.323 e. The van der Waals surface area contributed by atoms with Crippen LogP contribution >= 0.6 is 0 Å². The number of hydrogen-bond donors (Lipinski definition) is 2. The Labute approximate surface area is 127 Å². The van der Waals surface area contributed by atoms with Gasteiger partial charge in [0.25, 0.3) is 0 Å². The lowest BCUT2D eigenvalue weighted by Gasteiger charge is -2.45. The summed E-state index contributed by atoms with van der Waals surface area (Å²) in [5.74, 6) is -0.661. The van der Waals surface area contributed by atoms with Gasteiger partial charge in [-0.15, -0.1) is 0 Å². The molecule has 5 nitrogen and oxygen atoms in total. The number of piperazine rings is 1. The topological polar surface area (TPSA) is 55.8 Å². The number of nitrogens with zero attached hydrogens (tertiary/aromatic N) is 2. The van der Waals surface area contributed by atoms with Crippen molar-refractivity contribution in [2.24, 2.45) is 0 Å². The molecule has 0 aromatic heterocycles. The van der Waals surface area contributed by atoms with Gasteiger partial charge in [-0.1, -0.05) is 6.92 Å². The molecule has 3 aliphatic rings. The van der Waals surface area contributed by atoms with Crippen molar-refractivity contribution in [3.05, 3.63) is 0 Å². The molecule has 2 unspecified atom stereocenters. The molecule has 2 atom stereocenters. The summed E-state index contributed by atoms with van der Waals surface area (Å²) in [4.78, 5) is 16.9. The van der Waals surface area contributed by atoms with Crippen molar-refractivity contribution >= 4 is 5.97 Å². The van der Waals surface area contributed by atoms with Crippen LogP contribution in [0.5, 0.6) is 0 Å². The number of hydrogen-bond acceptors (Lipinski definition) is 4. The van der Waals surface area contributed by atoms with Crippen molar-refractivity contribution in [1.82, 2.24) is 15.1 Å². The Bertz CT molecular complexity index is 374. The highest BCUT2D eigenvalue weighted by Crippen LogP contribution is 2.33. The molecule has 0 aromatic carbocycles. The molecule has 5 heteroatoms. The van der Waals surface area contributed by atoms with E-state index >= 15 is 0 Å². The van der Waals surface area contributed by atoms with E-state index in [9.17, 15) is 9.90 Å². The predicted octanol–water partition coefficient (Wildman–Crippen LogP) is 1.14. The fourth-order valence-corrected chi connectivity index (χ4v) is 4.23. The van der Waals surface area contributed by atoms with E-state index in [0.717, 1.165) is 51.4 Å². The molecule has 0 bridgehead atoms. The van der Waals surface area contributed by atoms with Crippen LogP contribution in [0.4, 0.5) is 0 Å². The van der Waals surface area contributed by atoms with E-state index in [1.807, 2.05) is 6.92 Å². The highest BCUT2D eigenvalue weighted by Gasteiger charge is 2.44. The Morgan fingerprint density at radius 1 is 1.14 bits per heavy atom. The summed E-state index contributed by atoms with van der Waals surface area (Å²) < 4.78 is 0. The van der Waals surface area contributed by atoms with E-state index < -0.39 is 11.5 Å². The lowest BCUT2D eigenvalue weighted by molar-refractivity contribution is -0.147. The molecule has 2 N–H and O–H groups in total. The van der Waals surface area contributed by atoms with Gasteiger partial charge in [-0.3, -0.25) is 14.6 Å². The second kappa shape index (κ2) is 6.23. The molecule has 0 amide bonds. The van der Waals surface area contributed by atoms with E-state index in [0.29, 0.717) is 6.04 Å². The summed E-state index contributed by atoms with van der Waals surface area (Å²) in [6.45, 7) is 7.30. The third-order valence-corrected chi connectivity index (χ3v) is 5.58. The van der Waals surface area contributed by atoms with Crippen LogP contribution in [0.1, 0.15) is 45.4 Å². The van der Waals surface area contributed by atoms with Gasteiger partial charge in [0.1, 0.15) is 5.54 Å². The van der Waals surface area contributed by atoms with Crippen molar-refractivity contribution in [3.8, 4) is 0 Å². The zero-order valence-electron chi connectivity index (χ0n) is 13.2. The number of nitrogens with one attached hydrogen (secondary N) is 1. The Hall–Kier alpha value is -0.650. The first-order valence-electron chi connectivity index (χ1n) is 8.61. The first kappa shape index (κ1) is 15.3. The Balaban J connectivity index is 1.59. The summed E-state index contributed by atoms with van der Waals surface area (Å²) in [6.07, 6.45) is 6.48. The Morgan fingerprint density at radius 2 is 1.76 bits per heavy atom. The fraction of sp³-hybridized carbons (Fsp3) is 0.938. The minimum Gasteiger partial charge on any atom is -0.480 e. The third kappa shape index (κ3) is 3.25. The van der Waals surface area contributed by atoms with Crippen LogP contribution in [-0.4, -0.2) is 71.2 Å². The minimum absolute atomic E-state index is 0.440. The van der Waals surface area contributed by atoms with E-state index in [1.165, 1.54) is 25.9 Å². The first-order valence-corrected chi connectivity index (χ1v) is 8.61. The number of carboxylic acid groups (broad SMARTS) is 1. The van der Waals surface area contributed by atoms with Crippen LogP contribution in [-0.2, 0) is 4.79 Å². The zero-order chi connectivity index (χ0) is 14.9. The smallest absolute Gasteiger partial charge is 0.323 e. The fourth-order valence-electron chi connectivity index (χ4n) is 4.23. The summed E-state index contributed by atoms with van der Waals surface area (Å²) in [5.41, 5.74) is -0.689. The van der Waals surface area contributed by atoms with Gasteiger partial charge in [0.05, 0.1) is 0 Å². The second-order valence-electron chi connectivity index (χ2n) is 6.97. The van der Waals surface area contributed by atoms with E-state index in [4.69, 9.17) is 0 Å². The molecule has 120 valence electrons. The van der Waals surface area contributed by atoms with Crippen LogP contribution in [0.25, 0.3) is 0 Å². The van der Waals surface area contributed by atoms with Crippen molar-refractivity contribution in [2.45, 2.75) is 63.1 Å². The molecule has 3 rings (SSSR count). The number of carboxylic acids is 1. The predicted molar refractivity (Wildman–Crippen MR) is 82.5 cm³/mol. The molecule has 1 heterocycles. The van der Waals surface area contributed by atoms with Gasteiger partial charge in [-0.05, 0) is 45.1 Å². The maximum absolute atomic E-state index is 11.8. The SMILES string of the molecule is CCNC1(C(=O)O)CCCC(N2CCN(C3CC3)CC2)C1. The molecule has 0 spiro atoms. The van der Waals surface area contributed by atoms with Crippen molar-refractivity contribution in [1.29, 1.82) is 0 Å². The number of aliphatic carboxylic acids is 1. The van der Waals surface area contributed by atoms with Gasteiger partial charge in [0, 0.05) is 38.3 Å². The molecular weight excluding hydrogens is 266 g/mol. The van der Waals surface area contributed by atoms with Gasteiger partial charge in [0.15, 0.2) is 0 Å². The number of likely N-dealkylation sites (N-methyl/N-ethyl adjacent to an activating group) is 1. The number of carbonyl (C=O) groups is 1. The molecule has 1 aliphatic heterocycles. The van der Waals surface area contributed by atoms with Gasteiger partial charge >= 0.3 is 5.97 Å². The van der Waals surface area contributed by atoms with Crippen LogP contribution in [0.15, 0.2) is 0 Å². The maximum atomic E-state index is 11.8. The van der Waals surface area contributed by atoms with Crippen molar-refractivity contribution in [2.75, 3.05) is 32.7 Å². The normalized spacial score (nSPS) is 35.8. The largest absolute Gasteiger partial charge is 0.480 e. The van der Waals surface area contributed by atoms with Gasteiger partial charge in [-0.25, -0.2) is 0 Å². The molecule has 21 heavy (non-hydrogen) atoms. The average molecular weight is 295 g/mol. The van der Waals surface area contributed by atoms with Crippen molar-refractivity contribution in [3.63, 3.8) is 0 Å². The summed E-state index contributed by atoms with van der Waals surface area (Å²) >= 11 is 0. The minimum atomic E-state index is -0.689. The first-order chi connectivity index (χ1) is 10.1. The van der Waals surface area contributed by atoms with Gasteiger partial charge in [-0.2, -0.15) is 0 Å². The molecule has 1 saturated heterocycles. The summed E-state index contributed by atoms with van der Waals surface area (Å²) in [6, 6.07) is 1.30. The molecule has 2 saturated carbocycles. The molecule has 2 aliphatic carbocycles. The van der Waals surface area contributed by atoms with Gasteiger partial charge < -0.3 is 10.4 Å². The lowest BCUT2D eigenvalue weighted by atomic mass is 9.78. The molecular formula is C16H29N3O2. The van der Waals surface area contributed by atoms with Gasteiger partial charge in [0.2, 0.25) is 0 Å². The summed E-state index contributed by atoms with van der Waals surface area (Å²) in [7, 11) is 0. The van der Waals surface area contributed by atoms with Crippen LogP contribution in [0.2, 0.25) is 0 Å². The number of rotatable bonds is 5. The van der Waals surface area contributed by atoms with E-state index in [-0.39, 0.29) is 0 Å². The highest BCUT2D eigenvalue weighted by molar-refractivity contribution is 5.79. The van der Waals surface area contributed by atoms with E-state index in [1.54, 1.807) is 0 Å². The second-order valence-corrected chi connectivity index (χ2v) is 6.97. The molecule has 0 aromatic rings. The van der Waals surface area contributed by atoms with Crippen LogP contribution in [0, 0.1) is 0 Å². The Morgan fingerprint density at radius 3 is 2.29 bits per heavy atom. The zero-order valence-corrected chi connectivity index (χ0v) is 13.2. The summed E-state index contributed by atoms with van der Waals surface area (Å²) in [5, 5.41) is 12.9. The van der Waals surface area contributed by atoms with Crippen LogP contribution < -0.4 is 5.32 Å². The quantitative estimate of drug-likeness (QED) is 0.797. The molecule has 3 fully saturated rings. The van der Waals surface area contributed by atoms with Crippen LogP contribution in [0.3, 0.4) is 0 Å². The van der Waals surface area contributed by atoms with Crippen molar-refractivity contribution < 1.29 is 9.90 Å². The Kier molecular flexibility index (Phi) is 4.52. The third-order valence-electron chi connectivity index (χ3n) is 5.58. The highest BCUT2D eigenvalue weighted by atomic mass is 16.4. The monoisotopic (exact) mass is 295 g/mol. The molecule has 0 radical (unpaired) electrons.